The molecule has 0 aliphatic heterocycles. The van der Waals surface area contributed by atoms with Gasteiger partial charge < -0.3 is 5.73 Å². The number of likely N-dealkylation sites (N-methyl/N-ethyl adjacent to an activating group) is 1. The Morgan fingerprint density at radius 1 is 1.64 bits per heavy atom. The minimum atomic E-state index is -3.18. The van der Waals surface area contributed by atoms with Crippen molar-refractivity contribution in [2.75, 3.05) is 13.3 Å². The standard InChI is InChI=1S/C5H12N2O2S2/c1-4(5(6)10)7(2)11(3,8)9/h4H,1-3H3,(H2,6,10). The van der Waals surface area contributed by atoms with Gasteiger partial charge in [-0.05, 0) is 6.92 Å². The average Bonchev–Trinajstić information content (AvgIpc) is 1.82. The van der Waals surface area contributed by atoms with E-state index in [9.17, 15) is 8.42 Å². The lowest BCUT2D eigenvalue weighted by Crippen LogP contribution is -2.42. The Labute approximate surface area is 72.4 Å². The predicted octanol–water partition coefficient (Wildman–Crippen LogP) is -0.448. The van der Waals surface area contributed by atoms with E-state index >= 15 is 0 Å². The highest BCUT2D eigenvalue weighted by atomic mass is 32.2. The van der Waals surface area contributed by atoms with Crippen molar-refractivity contribution >= 4 is 27.2 Å². The molecule has 0 heterocycles. The van der Waals surface area contributed by atoms with Crippen LogP contribution in [-0.4, -0.2) is 37.1 Å². The molecule has 0 amide bonds. The molecule has 0 aromatic carbocycles. The molecule has 4 nitrogen and oxygen atoms in total. The lowest BCUT2D eigenvalue weighted by Gasteiger charge is -2.20. The third-order valence-electron chi connectivity index (χ3n) is 1.48. The Morgan fingerprint density at radius 3 is 2.09 bits per heavy atom. The van der Waals surface area contributed by atoms with Crippen molar-refractivity contribution in [3.05, 3.63) is 0 Å². The molecular formula is C5H12N2O2S2. The monoisotopic (exact) mass is 196 g/mol. The predicted molar refractivity (Wildman–Crippen MR) is 48.9 cm³/mol. The van der Waals surface area contributed by atoms with E-state index in [1.807, 2.05) is 0 Å². The Bertz CT molecular complexity index is 247. The normalized spacial score (nSPS) is 14.9. The molecule has 0 saturated carbocycles. The third-order valence-corrected chi connectivity index (χ3v) is 3.18. The van der Waals surface area contributed by atoms with E-state index in [0.29, 0.717) is 0 Å². The fourth-order valence-electron chi connectivity index (χ4n) is 0.466. The largest absolute Gasteiger partial charge is 0.392 e. The molecule has 0 fully saturated rings. The molecule has 0 bridgehead atoms. The first-order valence-corrected chi connectivity index (χ1v) is 5.24. The molecule has 0 radical (unpaired) electrons. The van der Waals surface area contributed by atoms with Gasteiger partial charge in [0, 0.05) is 7.05 Å². The average molecular weight is 196 g/mol. The van der Waals surface area contributed by atoms with Gasteiger partial charge in [-0.25, -0.2) is 8.42 Å². The van der Waals surface area contributed by atoms with Gasteiger partial charge in [0.05, 0.1) is 17.3 Å². The van der Waals surface area contributed by atoms with Crippen molar-refractivity contribution in [2.24, 2.45) is 5.73 Å². The van der Waals surface area contributed by atoms with Gasteiger partial charge in [0.2, 0.25) is 10.0 Å². The maximum atomic E-state index is 10.9. The lowest BCUT2D eigenvalue weighted by atomic mass is 10.3. The Hall–Kier alpha value is -0.200. The first-order valence-electron chi connectivity index (χ1n) is 2.99. The topological polar surface area (TPSA) is 63.4 Å². The van der Waals surface area contributed by atoms with Gasteiger partial charge in [-0.2, -0.15) is 4.31 Å². The summed E-state index contributed by atoms with van der Waals surface area (Å²) in [6.07, 6.45) is 1.11. The van der Waals surface area contributed by atoms with Crippen molar-refractivity contribution in [3.63, 3.8) is 0 Å². The first-order chi connectivity index (χ1) is 4.76. The summed E-state index contributed by atoms with van der Waals surface area (Å²) in [7, 11) is -1.74. The van der Waals surface area contributed by atoms with Crippen LogP contribution in [-0.2, 0) is 10.0 Å². The highest BCUT2D eigenvalue weighted by Crippen LogP contribution is 2.00. The summed E-state index contributed by atoms with van der Waals surface area (Å²) in [5.74, 6) is 0. The first kappa shape index (κ1) is 10.8. The third kappa shape index (κ3) is 3.13. The highest BCUT2D eigenvalue weighted by Gasteiger charge is 2.19. The highest BCUT2D eigenvalue weighted by molar-refractivity contribution is 7.88. The van der Waals surface area contributed by atoms with Gasteiger partial charge in [0.25, 0.3) is 0 Å². The van der Waals surface area contributed by atoms with Crippen LogP contribution in [0.5, 0.6) is 0 Å². The molecule has 0 spiro atoms. The van der Waals surface area contributed by atoms with Crippen molar-refractivity contribution in [1.29, 1.82) is 0 Å². The Balaban J connectivity index is 4.51. The fraction of sp³-hybridized carbons (Fsp3) is 0.800. The summed E-state index contributed by atoms with van der Waals surface area (Å²) in [5.41, 5.74) is 5.26. The van der Waals surface area contributed by atoms with Gasteiger partial charge in [-0.15, -0.1) is 0 Å². The van der Waals surface area contributed by atoms with E-state index in [2.05, 4.69) is 12.2 Å². The second-order valence-corrected chi connectivity index (χ2v) is 4.87. The maximum absolute atomic E-state index is 10.9. The summed E-state index contributed by atoms with van der Waals surface area (Å²) < 4.78 is 22.9. The van der Waals surface area contributed by atoms with Crippen molar-refractivity contribution in [1.82, 2.24) is 4.31 Å². The lowest BCUT2D eigenvalue weighted by molar-refractivity contribution is 0.456. The summed E-state index contributed by atoms with van der Waals surface area (Å²) in [5, 5.41) is 0. The number of rotatable bonds is 3. The summed E-state index contributed by atoms with van der Waals surface area (Å²) in [4.78, 5) is 0.179. The van der Waals surface area contributed by atoms with Crippen LogP contribution >= 0.6 is 12.2 Å². The van der Waals surface area contributed by atoms with Crippen LogP contribution in [0.1, 0.15) is 6.92 Å². The fourth-order valence-corrected chi connectivity index (χ4v) is 1.38. The molecule has 0 aromatic heterocycles. The van der Waals surface area contributed by atoms with Gasteiger partial charge in [-0.1, -0.05) is 12.2 Å². The van der Waals surface area contributed by atoms with E-state index in [-0.39, 0.29) is 4.99 Å². The van der Waals surface area contributed by atoms with Crippen LogP contribution < -0.4 is 5.73 Å². The molecule has 66 valence electrons. The molecule has 0 saturated heterocycles. The van der Waals surface area contributed by atoms with Gasteiger partial charge in [0.1, 0.15) is 0 Å². The van der Waals surface area contributed by atoms with Crippen LogP contribution in [0.15, 0.2) is 0 Å². The number of sulfonamides is 1. The number of thiocarbonyl (C=S) groups is 1. The second kappa shape index (κ2) is 3.46. The van der Waals surface area contributed by atoms with Gasteiger partial charge in [0.15, 0.2) is 0 Å². The minimum Gasteiger partial charge on any atom is -0.392 e. The summed E-state index contributed by atoms with van der Waals surface area (Å²) >= 11 is 4.64. The van der Waals surface area contributed by atoms with Crippen molar-refractivity contribution in [2.45, 2.75) is 13.0 Å². The van der Waals surface area contributed by atoms with E-state index in [4.69, 9.17) is 5.73 Å². The molecule has 2 N–H and O–H groups in total. The van der Waals surface area contributed by atoms with E-state index in [1.165, 1.54) is 7.05 Å². The van der Waals surface area contributed by atoms with Crippen molar-refractivity contribution in [3.8, 4) is 0 Å². The number of nitrogens with two attached hydrogens (primary N) is 1. The molecule has 6 heteroatoms. The van der Waals surface area contributed by atoms with Crippen molar-refractivity contribution < 1.29 is 8.42 Å². The summed E-state index contributed by atoms with van der Waals surface area (Å²) in [6.45, 7) is 1.64. The minimum absolute atomic E-state index is 0.179. The van der Waals surface area contributed by atoms with Crippen LogP contribution in [0.25, 0.3) is 0 Å². The molecule has 0 aliphatic carbocycles. The molecular weight excluding hydrogens is 184 g/mol. The molecule has 0 aliphatic rings. The number of hydrogen-bond acceptors (Lipinski definition) is 3. The van der Waals surface area contributed by atoms with Crippen LogP contribution in [0.3, 0.4) is 0 Å². The van der Waals surface area contributed by atoms with E-state index in [0.717, 1.165) is 10.6 Å². The zero-order valence-electron chi connectivity index (χ0n) is 6.73. The Kier molecular flexibility index (Phi) is 3.40. The SMILES string of the molecule is CC(C(N)=S)N(C)S(C)(=O)=O. The maximum Gasteiger partial charge on any atom is 0.211 e. The number of hydrogen-bond donors (Lipinski definition) is 1. The Morgan fingerprint density at radius 2 is 2.00 bits per heavy atom. The van der Waals surface area contributed by atoms with Crippen LogP contribution in [0.4, 0.5) is 0 Å². The van der Waals surface area contributed by atoms with E-state index < -0.39 is 16.1 Å². The number of nitrogens with zero attached hydrogens (tertiary/aromatic N) is 1. The van der Waals surface area contributed by atoms with Crippen LogP contribution in [0.2, 0.25) is 0 Å². The molecule has 11 heavy (non-hydrogen) atoms. The second-order valence-electron chi connectivity index (χ2n) is 2.36. The molecule has 0 rings (SSSR count). The zero-order chi connectivity index (χ0) is 9.23. The zero-order valence-corrected chi connectivity index (χ0v) is 8.37. The van der Waals surface area contributed by atoms with Crippen LogP contribution in [0, 0.1) is 0 Å². The summed E-state index contributed by atoms with van der Waals surface area (Å²) in [6, 6.07) is -0.417. The smallest absolute Gasteiger partial charge is 0.211 e. The molecule has 1 atom stereocenters. The molecule has 1 unspecified atom stereocenters. The van der Waals surface area contributed by atoms with Gasteiger partial charge >= 0.3 is 0 Å². The van der Waals surface area contributed by atoms with E-state index in [1.54, 1.807) is 6.92 Å². The molecule has 0 aromatic rings. The van der Waals surface area contributed by atoms with Gasteiger partial charge in [-0.3, -0.25) is 0 Å². The quantitative estimate of drug-likeness (QED) is 0.621.